The monoisotopic (exact) mass is 374 g/mol. The summed E-state index contributed by atoms with van der Waals surface area (Å²) in [7, 11) is -1.73. The molecule has 0 saturated carbocycles. The number of nitrogens with one attached hydrogen (secondary N) is 1. The molecule has 3 rings (SSSR count). The van der Waals surface area contributed by atoms with Crippen LogP contribution >= 0.6 is 0 Å². The molecule has 1 fully saturated rings. The van der Waals surface area contributed by atoms with E-state index in [2.05, 4.69) is 5.32 Å². The molecule has 0 radical (unpaired) electrons. The van der Waals surface area contributed by atoms with E-state index in [1.807, 2.05) is 19.1 Å². The summed E-state index contributed by atoms with van der Waals surface area (Å²) in [6, 6.07) is 12.2. The molecular formula is C19H22N2O4S. The van der Waals surface area contributed by atoms with Gasteiger partial charge in [0.15, 0.2) is 0 Å². The summed E-state index contributed by atoms with van der Waals surface area (Å²) in [6.45, 7) is 2.30. The van der Waals surface area contributed by atoms with E-state index in [0.29, 0.717) is 35.7 Å². The van der Waals surface area contributed by atoms with Crippen molar-refractivity contribution in [2.45, 2.75) is 19.8 Å². The van der Waals surface area contributed by atoms with Gasteiger partial charge in [0.1, 0.15) is 5.75 Å². The van der Waals surface area contributed by atoms with Crippen LogP contribution in [0.25, 0.3) is 0 Å². The van der Waals surface area contributed by atoms with Crippen LogP contribution < -0.4 is 14.4 Å². The Morgan fingerprint density at radius 1 is 1.15 bits per heavy atom. The Labute approximate surface area is 153 Å². The molecule has 138 valence electrons. The van der Waals surface area contributed by atoms with E-state index in [1.54, 1.807) is 37.4 Å². The van der Waals surface area contributed by atoms with Gasteiger partial charge < -0.3 is 10.1 Å². The Hall–Kier alpha value is -2.54. The zero-order valence-electron chi connectivity index (χ0n) is 14.9. The molecule has 0 atom stereocenters. The third kappa shape index (κ3) is 3.67. The van der Waals surface area contributed by atoms with Gasteiger partial charge in [-0.3, -0.25) is 9.10 Å². The molecule has 0 aromatic heterocycles. The number of sulfonamides is 1. The highest BCUT2D eigenvalue weighted by molar-refractivity contribution is 7.92. The molecule has 1 amide bonds. The number of hydrogen-bond acceptors (Lipinski definition) is 4. The van der Waals surface area contributed by atoms with Crippen LogP contribution in [0.3, 0.4) is 0 Å². The highest BCUT2D eigenvalue weighted by Crippen LogP contribution is 2.28. The fourth-order valence-corrected chi connectivity index (χ4v) is 4.78. The maximum Gasteiger partial charge on any atom is 0.255 e. The largest absolute Gasteiger partial charge is 0.495 e. The lowest BCUT2D eigenvalue weighted by atomic mass is 10.1. The lowest BCUT2D eigenvalue weighted by Gasteiger charge is -2.29. The number of ether oxygens (including phenoxy) is 1. The average molecular weight is 374 g/mol. The van der Waals surface area contributed by atoms with E-state index in [9.17, 15) is 13.2 Å². The van der Waals surface area contributed by atoms with E-state index in [-0.39, 0.29) is 11.7 Å². The number of rotatable bonds is 4. The molecule has 7 heteroatoms. The summed E-state index contributed by atoms with van der Waals surface area (Å²) in [5.74, 6) is 0.474. The SMILES string of the molecule is COc1ccccc1NC(=O)c1ccc(N2CCCCS2(=O)=O)c(C)c1. The molecule has 6 nitrogen and oxygen atoms in total. The number of carbonyl (C=O) groups is 1. The van der Waals surface area contributed by atoms with Crippen LogP contribution in [-0.2, 0) is 10.0 Å². The Balaban J connectivity index is 1.84. The van der Waals surface area contributed by atoms with Crippen molar-refractivity contribution in [1.82, 2.24) is 0 Å². The molecule has 0 unspecified atom stereocenters. The van der Waals surface area contributed by atoms with Crippen LogP contribution in [0.4, 0.5) is 11.4 Å². The maximum absolute atomic E-state index is 12.6. The summed E-state index contributed by atoms with van der Waals surface area (Å²) in [5, 5.41) is 2.82. The Morgan fingerprint density at radius 2 is 1.92 bits per heavy atom. The van der Waals surface area contributed by atoms with Crippen molar-refractivity contribution in [1.29, 1.82) is 0 Å². The first-order valence-corrected chi connectivity index (χ1v) is 10.1. The number of aryl methyl sites for hydroxylation is 1. The maximum atomic E-state index is 12.6. The second kappa shape index (κ2) is 7.37. The molecule has 1 aliphatic rings. The van der Waals surface area contributed by atoms with Crippen molar-refractivity contribution >= 4 is 27.3 Å². The smallest absolute Gasteiger partial charge is 0.255 e. The Bertz CT molecular complexity index is 925. The Morgan fingerprint density at radius 3 is 2.62 bits per heavy atom. The van der Waals surface area contributed by atoms with Crippen LogP contribution in [0, 0.1) is 6.92 Å². The zero-order chi connectivity index (χ0) is 18.7. The Kier molecular flexibility index (Phi) is 5.18. The van der Waals surface area contributed by atoms with Gasteiger partial charge in [-0.1, -0.05) is 12.1 Å². The molecular weight excluding hydrogens is 352 g/mol. The number of benzene rings is 2. The molecule has 0 bridgehead atoms. The molecule has 0 aliphatic carbocycles. The minimum atomic E-state index is -3.27. The first-order valence-electron chi connectivity index (χ1n) is 8.48. The van der Waals surface area contributed by atoms with Crippen LogP contribution in [-0.4, -0.2) is 33.7 Å². The molecule has 2 aromatic carbocycles. The van der Waals surface area contributed by atoms with Crippen LogP contribution in [0.15, 0.2) is 42.5 Å². The minimum absolute atomic E-state index is 0.169. The quantitative estimate of drug-likeness (QED) is 0.892. The van der Waals surface area contributed by atoms with Crippen LogP contribution in [0.5, 0.6) is 5.75 Å². The van der Waals surface area contributed by atoms with Gasteiger partial charge in [0.05, 0.1) is 24.2 Å². The first-order chi connectivity index (χ1) is 12.4. The van der Waals surface area contributed by atoms with Crippen molar-refractivity contribution in [2.75, 3.05) is 29.0 Å². The highest BCUT2D eigenvalue weighted by atomic mass is 32.2. The van der Waals surface area contributed by atoms with Crippen molar-refractivity contribution in [2.24, 2.45) is 0 Å². The van der Waals surface area contributed by atoms with Crippen molar-refractivity contribution in [3.63, 3.8) is 0 Å². The molecule has 2 aromatic rings. The first kappa shape index (κ1) is 18.3. The number of methoxy groups -OCH3 is 1. The topological polar surface area (TPSA) is 75.7 Å². The minimum Gasteiger partial charge on any atom is -0.495 e. The third-order valence-corrected chi connectivity index (χ3v) is 6.29. The van der Waals surface area contributed by atoms with Gasteiger partial charge in [0, 0.05) is 12.1 Å². The molecule has 1 saturated heterocycles. The number of para-hydroxylation sites is 2. The second-order valence-corrected chi connectivity index (χ2v) is 8.26. The van der Waals surface area contributed by atoms with E-state index in [1.165, 1.54) is 4.31 Å². The lowest BCUT2D eigenvalue weighted by molar-refractivity contribution is 0.102. The molecule has 0 spiro atoms. The predicted molar refractivity (Wildman–Crippen MR) is 102 cm³/mol. The molecule has 26 heavy (non-hydrogen) atoms. The van der Waals surface area contributed by atoms with Crippen LogP contribution in [0.1, 0.15) is 28.8 Å². The van der Waals surface area contributed by atoms with Crippen molar-refractivity contribution in [3.05, 3.63) is 53.6 Å². The summed E-state index contributed by atoms with van der Waals surface area (Å²) in [4.78, 5) is 12.6. The van der Waals surface area contributed by atoms with E-state index in [4.69, 9.17) is 4.74 Å². The van der Waals surface area contributed by atoms with Gasteiger partial charge in [-0.25, -0.2) is 8.42 Å². The highest BCUT2D eigenvalue weighted by Gasteiger charge is 2.27. The van der Waals surface area contributed by atoms with E-state index < -0.39 is 10.0 Å². The fraction of sp³-hybridized carbons (Fsp3) is 0.316. The zero-order valence-corrected chi connectivity index (χ0v) is 15.7. The third-order valence-electron chi connectivity index (χ3n) is 4.43. The molecule has 1 aliphatic heterocycles. The average Bonchev–Trinajstić information content (AvgIpc) is 2.62. The number of carbonyl (C=O) groups excluding carboxylic acids is 1. The van der Waals surface area contributed by atoms with Gasteiger partial charge in [-0.15, -0.1) is 0 Å². The summed E-state index contributed by atoms with van der Waals surface area (Å²) < 4.78 is 31.3. The predicted octanol–water partition coefficient (Wildman–Crippen LogP) is 3.19. The van der Waals surface area contributed by atoms with Gasteiger partial charge in [-0.05, 0) is 55.7 Å². The fourth-order valence-electron chi connectivity index (χ4n) is 3.08. The van der Waals surface area contributed by atoms with Gasteiger partial charge in [-0.2, -0.15) is 0 Å². The standard InChI is InChI=1S/C19H22N2O4S/c1-14-13-15(19(22)20-16-7-3-4-8-18(16)25-2)9-10-17(14)21-11-5-6-12-26(21,23)24/h3-4,7-10,13H,5-6,11-12H2,1-2H3,(H,20,22). The lowest BCUT2D eigenvalue weighted by Crippen LogP contribution is -2.38. The number of nitrogens with zero attached hydrogens (tertiary/aromatic N) is 1. The van der Waals surface area contributed by atoms with E-state index >= 15 is 0 Å². The second-order valence-electron chi connectivity index (χ2n) is 6.25. The molecule has 1 N–H and O–H groups in total. The van der Waals surface area contributed by atoms with Gasteiger partial charge in [0.25, 0.3) is 5.91 Å². The summed E-state index contributed by atoms with van der Waals surface area (Å²) in [5.41, 5.74) is 2.44. The van der Waals surface area contributed by atoms with Crippen LogP contribution in [0.2, 0.25) is 0 Å². The normalized spacial score (nSPS) is 16.2. The summed E-state index contributed by atoms with van der Waals surface area (Å²) >= 11 is 0. The van der Waals surface area contributed by atoms with Crippen molar-refractivity contribution in [3.8, 4) is 5.75 Å². The van der Waals surface area contributed by atoms with E-state index in [0.717, 1.165) is 12.0 Å². The number of amides is 1. The molecule has 1 heterocycles. The van der Waals surface area contributed by atoms with Crippen molar-refractivity contribution < 1.29 is 17.9 Å². The number of hydrogen-bond donors (Lipinski definition) is 1. The summed E-state index contributed by atoms with van der Waals surface area (Å²) in [6.07, 6.45) is 1.53. The van der Waals surface area contributed by atoms with Gasteiger partial charge in [0.2, 0.25) is 10.0 Å². The number of anilines is 2. The van der Waals surface area contributed by atoms with Gasteiger partial charge >= 0.3 is 0 Å².